The fourth-order valence-corrected chi connectivity index (χ4v) is 6.11. The summed E-state index contributed by atoms with van der Waals surface area (Å²) in [5, 5.41) is 5.20. The lowest BCUT2D eigenvalue weighted by Gasteiger charge is -2.32. The number of methoxy groups -OCH3 is 1. The SMILES string of the molecule is COc1cc2c(cc1NC(=O)CBr)-c1c(-c3cccs3)cc(C(=O)N3CCCC3(C)C)n1CC2. The third-order valence-corrected chi connectivity index (χ3v) is 8.34. The first-order chi connectivity index (χ1) is 16.3. The molecule has 0 atom stereocenters. The van der Waals surface area contributed by atoms with Gasteiger partial charge in [0.25, 0.3) is 5.91 Å². The van der Waals surface area contributed by atoms with Crippen LogP contribution in [0.2, 0.25) is 0 Å². The molecule has 3 aromatic rings. The fourth-order valence-electron chi connectivity index (χ4n) is 5.22. The normalized spacial score (nSPS) is 16.2. The van der Waals surface area contributed by atoms with Crippen molar-refractivity contribution in [3.8, 4) is 27.4 Å². The van der Waals surface area contributed by atoms with E-state index < -0.39 is 0 Å². The molecule has 178 valence electrons. The Hall–Kier alpha value is -2.58. The van der Waals surface area contributed by atoms with Crippen molar-refractivity contribution >= 4 is 44.8 Å². The highest BCUT2D eigenvalue weighted by Crippen LogP contribution is 2.45. The van der Waals surface area contributed by atoms with E-state index in [1.165, 1.54) is 0 Å². The summed E-state index contributed by atoms with van der Waals surface area (Å²) in [5.41, 5.74) is 5.49. The molecule has 2 aliphatic heterocycles. The van der Waals surface area contributed by atoms with Gasteiger partial charge in [-0.05, 0) is 68.3 Å². The molecule has 34 heavy (non-hydrogen) atoms. The summed E-state index contributed by atoms with van der Waals surface area (Å²) in [6.45, 7) is 5.81. The molecule has 5 rings (SSSR count). The van der Waals surface area contributed by atoms with Crippen LogP contribution in [0.15, 0.2) is 35.7 Å². The summed E-state index contributed by atoms with van der Waals surface area (Å²) in [4.78, 5) is 29.1. The maximum Gasteiger partial charge on any atom is 0.270 e. The molecule has 4 heterocycles. The number of hydrogen-bond acceptors (Lipinski definition) is 4. The molecule has 2 aliphatic rings. The van der Waals surface area contributed by atoms with Gasteiger partial charge in [0.05, 0.1) is 23.8 Å². The van der Waals surface area contributed by atoms with Gasteiger partial charge in [-0.3, -0.25) is 9.59 Å². The minimum atomic E-state index is -0.143. The standard InChI is InChI=1S/C26H28BrN3O3S/c1-26(2)8-5-9-30(26)25(32)20-14-18(22-6-4-11-34-22)24-17-13-19(28-23(31)15-27)21(33-3)12-16(17)7-10-29(20)24/h4,6,11-14H,5,7-10,15H2,1-3H3,(H,28,31). The number of hydrogen-bond donors (Lipinski definition) is 1. The highest BCUT2D eigenvalue weighted by molar-refractivity contribution is 9.09. The number of halogens is 1. The van der Waals surface area contributed by atoms with Crippen LogP contribution in [0, 0.1) is 0 Å². The number of aryl methyl sites for hydroxylation is 1. The number of likely N-dealkylation sites (tertiary alicyclic amines) is 1. The average molecular weight is 542 g/mol. The van der Waals surface area contributed by atoms with Crippen molar-refractivity contribution in [1.82, 2.24) is 9.47 Å². The van der Waals surface area contributed by atoms with Crippen molar-refractivity contribution in [2.24, 2.45) is 0 Å². The third-order valence-electron chi connectivity index (χ3n) is 6.93. The zero-order valence-electron chi connectivity index (χ0n) is 19.6. The summed E-state index contributed by atoms with van der Waals surface area (Å²) in [5.74, 6) is 0.590. The monoisotopic (exact) mass is 541 g/mol. The number of carbonyl (C=O) groups excluding carboxylic acids is 2. The van der Waals surface area contributed by atoms with Gasteiger partial charge < -0.3 is 19.5 Å². The highest BCUT2D eigenvalue weighted by atomic mass is 79.9. The molecule has 2 amide bonds. The molecule has 1 saturated heterocycles. The number of ether oxygens (including phenoxy) is 1. The van der Waals surface area contributed by atoms with Crippen molar-refractivity contribution in [2.75, 3.05) is 24.3 Å². The largest absolute Gasteiger partial charge is 0.495 e. The number of benzene rings is 1. The quantitative estimate of drug-likeness (QED) is 0.415. The van der Waals surface area contributed by atoms with Crippen LogP contribution < -0.4 is 10.1 Å². The van der Waals surface area contributed by atoms with E-state index in [-0.39, 0.29) is 22.7 Å². The van der Waals surface area contributed by atoms with E-state index in [1.54, 1.807) is 18.4 Å². The number of nitrogens with one attached hydrogen (secondary N) is 1. The lowest BCUT2D eigenvalue weighted by molar-refractivity contribution is -0.113. The second-order valence-electron chi connectivity index (χ2n) is 9.44. The fraction of sp³-hybridized carbons (Fsp3) is 0.385. The van der Waals surface area contributed by atoms with Crippen molar-refractivity contribution < 1.29 is 14.3 Å². The van der Waals surface area contributed by atoms with Crippen LogP contribution in [0.25, 0.3) is 21.7 Å². The van der Waals surface area contributed by atoms with Crippen LogP contribution in [-0.2, 0) is 17.8 Å². The molecule has 0 saturated carbocycles. The molecule has 0 unspecified atom stereocenters. The molecule has 0 bridgehead atoms. The number of fused-ring (bicyclic) bond motifs is 3. The maximum atomic E-state index is 13.8. The summed E-state index contributed by atoms with van der Waals surface area (Å²) in [6.07, 6.45) is 2.83. The Kier molecular flexibility index (Phi) is 6.06. The summed E-state index contributed by atoms with van der Waals surface area (Å²) >= 11 is 4.89. The van der Waals surface area contributed by atoms with Crippen LogP contribution in [0.1, 0.15) is 42.7 Å². The van der Waals surface area contributed by atoms with Gasteiger partial charge in [-0.2, -0.15) is 0 Å². The topological polar surface area (TPSA) is 63.6 Å². The first kappa shape index (κ1) is 23.2. The van der Waals surface area contributed by atoms with Gasteiger partial charge in [-0.15, -0.1) is 11.3 Å². The van der Waals surface area contributed by atoms with Gasteiger partial charge in [0.15, 0.2) is 0 Å². The van der Waals surface area contributed by atoms with Gasteiger partial charge in [0.2, 0.25) is 5.91 Å². The molecule has 1 N–H and O–H groups in total. The summed E-state index contributed by atoms with van der Waals surface area (Å²) < 4.78 is 7.76. The molecule has 0 radical (unpaired) electrons. The minimum absolute atomic E-state index is 0.0938. The van der Waals surface area contributed by atoms with Gasteiger partial charge in [-0.25, -0.2) is 0 Å². The van der Waals surface area contributed by atoms with Crippen molar-refractivity contribution in [3.05, 3.63) is 47.0 Å². The highest BCUT2D eigenvalue weighted by Gasteiger charge is 2.38. The van der Waals surface area contributed by atoms with Crippen molar-refractivity contribution in [3.63, 3.8) is 0 Å². The van der Waals surface area contributed by atoms with Gasteiger partial charge in [0.1, 0.15) is 11.4 Å². The van der Waals surface area contributed by atoms with Crippen LogP contribution in [0.4, 0.5) is 5.69 Å². The minimum Gasteiger partial charge on any atom is -0.495 e. The van der Waals surface area contributed by atoms with Crippen LogP contribution >= 0.6 is 27.3 Å². The number of amides is 2. The van der Waals surface area contributed by atoms with E-state index in [0.717, 1.165) is 65.3 Å². The zero-order chi connectivity index (χ0) is 24.0. The van der Waals surface area contributed by atoms with Gasteiger partial charge in [-0.1, -0.05) is 22.0 Å². The maximum absolute atomic E-state index is 13.8. The number of rotatable bonds is 5. The molecule has 6 nitrogen and oxygen atoms in total. The zero-order valence-corrected chi connectivity index (χ0v) is 22.0. The molecule has 2 aromatic heterocycles. The third kappa shape index (κ3) is 3.86. The van der Waals surface area contributed by atoms with Crippen molar-refractivity contribution in [1.29, 1.82) is 0 Å². The molecule has 0 spiro atoms. The number of alkyl halides is 1. The Morgan fingerprint density at radius 3 is 2.68 bits per heavy atom. The predicted molar refractivity (Wildman–Crippen MR) is 140 cm³/mol. The average Bonchev–Trinajstić information content (AvgIpc) is 3.56. The predicted octanol–water partition coefficient (Wildman–Crippen LogP) is 5.80. The van der Waals surface area contributed by atoms with E-state index in [9.17, 15) is 9.59 Å². The number of carbonyl (C=O) groups is 2. The van der Waals surface area contributed by atoms with Crippen molar-refractivity contribution in [2.45, 2.75) is 45.2 Å². The Morgan fingerprint density at radius 1 is 1.21 bits per heavy atom. The Balaban J connectivity index is 1.69. The molecule has 8 heteroatoms. The van der Waals surface area contributed by atoms with Crippen LogP contribution in [-0.4, -0.2) is 45.8 Å². The van der Waals surface area contributed by atoms with E-state index in [4.69, 9.17) is 4.74 Å². The molecular weight excluding hydrogens is 514 g/mol. The lowest BCUT2D eigenvalue weighted by atomic mass is 9.94. The first-order valence-corrected chi connectivity index (χ1v) is 13.5. The first-order valence-electron chi connectivity index (χ1n) is 11.5. The van der Waals surface area contributed by atoms with E-state index in [2.05, 4.69) is 57.2 Å². The van der Waals surface area contributed by atoms with Crippen LogP contribution in [0.3, 0.4) is 0 Å². The summed E-state index contributed by atoms with van der Waals surface area (Å²) in [6, 6.07) is 10.2. The Bertz CT molecular complexity index is 1260. The number of thiophene rings is 1. The number of nitrogens with zero attached hydrogens (tertiary/aromatic N) is 2. The number of anilines is 1. The van der Waals surface area contributed by atoms with E-state index >= 15 is 0 Å². The number of aromatic nitrogens is 1. The Labute approximate surface area is 212 Å². The molecule has 0 aliphatic carbocycles. The summed E-state index contributed by atoms with van der Waals surface area (Å²) in [7, 11) is 1.61. The second-order valence-corrected chi connectivity index (χ2v) is 10.9. The second kappa shape index (κ2) is 8.89. The smallest absolute Gasteiger partial charge is 0.270 e. The van der Waals surface area contributed by atoms with Gasteiger partial charge >= 0.3 is 0 Å². The van der Waals surface area contributed by atoms with E-state index in [1.807, 2.05) is 23.1 Å². The van der Waals surface area contributed by atoms with Gasteiger partial charge in [0, 0.05) is 34.6 Å². The molecule has 1 aromatic carbocycles. The van der Waals surface area contributed by atoms with E-state index in [0.29, 0.717) is 11.4 Å². The van der Waals surface area contributed by atoms with Crippen LogP contribution in [0.5, 0.6) is 5.75 Å². The molecule has 1 fully saturated rings. The lowest BCUT2D eigenvalue weighted by Crippen LogP contribution is -2.43. The molecular formula is C26H28BrN3O3S. The Morgan fingerprint density at radius 2 is 2.03 bits per heavy atom.